The molecule has 0 N–H and O–H groups in total. The van der Waals surface area contributed by atoms with Crippen LogP contribution in [0.1, 0.15) is 0 Å². The van der Waals surface area contributed by atoms with Crippen molar-refractivity contribution < 1.29 is 13.2 Å². The summed E-state index contributed by atoms with van der Waals surface area (Å²) in [5.41, 5.74) is 0. The molecular formula is C3H2BrF3N2. The molecule has 0 heterocycles. The summed E-state index contributed by atoms with van der Waals surface area (Å²) in [6.07, 6.45) is -4.51. The molecule has 52 valence electrons. The van der Waals surface area contributed by atoms with E-state index in [9.17, 15) is 13.2 Å². The number of halogens is 4. The van der Waals surface area contributed by atoms with Gasteiger partial charge in [-0.2, -0.15) is 17.2 Å². The van der Waals surface area contributed by atoms with Crippen molar-refractivity contribution in [1.82, 2.24) is 0 Å². The highest BCUT2D eigenvalue weighted by Gasteiger charge is 2.35. The SMILES string of the molecule is C=N/C(=N\Br)C(F)(F)F. The first-order chi connectivity index (χ1) is 4.02. The summed E-state index contributed by atoms with van der Waals surface area (Å²) in [7, 11) is 0. The van der Waals surface area contributed by atoms with E-state index in [1.54, 1.807) is 0 Å². The van der Waals surface area contributed by atoms with E-state index in [-0.39, 0.29) is 0 Å². The highest BCUT2D eigenvalue weighted by Crippen LogP contribution is 2.18. The van der Waals surface area contributed by atoms with Crippen LogP contribution >= 0.6 is 16.1 Å². The molecule has 0 spiro atoms. The Balaban J connectivity index is 4.32. The summed E-state index contributed by atoms with van der Waals surface area (Å²) >= 11 is 2.25. The van der Waals surface area contributed by atoms with Crippen LogP contribution in [0.3, 0.4) is 0 Å². The third-order valence-corrected chi connectivity index (χ3v) is 0.819. The summed E-state index contributed by atoms with van der Waals surface area (Å²) in [5, 5.41) is 0. The minimum absolute atomic E-state index is 1.28. The summed E-state index contributed by atoms with van der Waals surface area (Å²) in [4.78, 5) is 2.61. The third-order valence-electron chi connectivity index (χ3n) is 0.483. The van der Waals surface area contributed by atoms with E-state index in [1.165, 1.54) is 0 Å². The van der Waals surface area contributed by atoms with Gasteiger partial charge in [-0.3, -0.25) is 0 Å². The Bertz CT molecular complexity index is 138. The fourth-order valence-corrected chi connectivity index (χ4v) is 0.477. The largest absolute Gasteiger partial charge is 0.452 e. The maximum absolute atomic E-state index is 11.4. The normalized spacial score (nSPS) is 13.6. The first-order valence-corrected chi connectivity index (χ1v) is 2.46. The molecule has 2 nitrogen and oxygen atoms in total. The zero-order valence-electron chi connectivity index (χ0n) is 4.11. The summed E-state index contributed by atoms with van der Waals surface area (Å²) < 4.78 is 36.9. The zero-order valence-corrected chi connectivity index (χ0v) is 5.70. The number of amidine groups is 1. The van der Waals surface area contributed by atoms with Crippen LogP contribution in [-0.4, -0.2) is 18.7 Å². The van der Waals surface area contributed by atoms with Gasteiger partial charge in [0.1, 0.15) is 0 Å². The van der Waals surface area contributed by atoms with Crippen molar-refractivity contribution in [2.45, 2.75) is 6.18 Å². The number of alkyl halides is 3. The summed E-state index contributed by atoms with van der Waals surface area (Å²) in [6.45, 7) is 2.67. The molecule has 0 aromatic rings. The van der Waals surface area contributed by atoms with Gasteiger partial charge in [0, 0.05) is 0 Å². The molecule has 0 atom stereocenters. The Morgan fingerprint density at radius 3 is 1.89 bits per heavy atom. The van der Waals surface area contributed by atoms with Crippen LogP contribution in [0.4, 0.5) is 13.2 Å². The molecule has 9 heavy (non-hydrogen) atoms. The van der Waals surface area contributed by atoms with Crippen LogP contribution in [0.2, 0.25) is 0 Å². The van der Waals surface area contributed by atoms with Crippen LogP contribution < -0.4 is 0 Å². The molecule has 0 aromatic carbocycles. The van der Waals surface area contributed by atoms with Crippen molar-refractivity contribution in [2.24, 2.45) is 9.01 Å². The third kappa shape index (κ3) is 2.59. The van der Waals surface area contributed by atoms with E-state index in [0.717, 1.165) is 0 Å². The second kappa shape index (κ2) is 2.95. The lowest BCUT2D eigenvalue weighted by Crippen LogP contribution is -2.19. The second-order valence-corrected chi connectivity index (χ2v) is 1.42. The Hall–Kier alpha value is -0.390. The molecule has 0 rings (SSSR count). The van der Waals surface area contributed by atoms with Gasteiger partial charge in [0.05, 0.1) is 16.1 Å². The molecule has 0 aromatic heterocycles. The lowest BCUT2D eigenvalue weighted by Gasteiger charge is -2.00. The standard InChI is InChI=1S/C3H2BrF3N2/c1-8-2(9-4)3(5,6)7/h1H2/b9-2-. The topological polar surface area (TPSA) is 24.7 Å². The van der Waals surface area contributed by atoms with Gasteiger partial charge in [0.25, 0.3) is 0 Å². The van der Waals surface area contributed by atoms with Crippen molar-refractivity contribution >= 4 is 28.7 Å². The van der Waals surface area contributed by atoms with Gasteiger partial charge in [0.2, 0.25) is 5.84 Å². The molecular weight excluding hydrogens is 201 g/mol. The van der Waals surface area contributed by atoms with E-state index in [0.29, 0.717) is 0 Å². The monoisotopic (exact) mass is 202 g/mol. The van der Waals surface area contributed by atoms with Crippen molar-refractivity contribution in [3.63, 3.8) is 0 Å². The fraction of sp³-hybridized carbons (Fsp3) is 0.333. The predicted molar refractivity (Wildman–Crippen MR) is 32.0 cm³/mol. The quantitative estimate of drug-likeness (QED) is 0.424. The molecule has 0 saturated carbocycles. The second-order valence-electron chi connectivity index (χ2n) is 1.06. The number of hydrogen-bond acceptors (Lipinski definition) is 1. The number of hydrogen-bond donors (Lipinski definition) is 0. The fourth-order valence-electron chi connectivity index (χ4n) is 0.164. The van der Waals surface area contributed by atoms with E-state index >= 15 is 0 Å². The summed E-state index contributed by atoms with van der Waals surface area (Å²) in [5.74, 6) is -1.28. The molecule has 0 aliphatic rings. The van der Waals surface area contributed by atoms with Crippen LogP contribution in [0.25, 0.3) is 0 Å². The first-order valence-electron chi connectivity index (χ1n) is 1.75. The van der Waals surface area contributed by atoms with Crippen molar-refractivity contribution in [1.29, 1.82) is 0 Å². The predicted octanol–water partition coefficient (Wildman–Crippen LogP) is 1.96. The Labute approximate surface area is 57.8 Å². The molecule has 6 heteroatoms. The van der Waals surface area contributed by atoms with Crippen LogP contribution in [0.5, 0.6) is 0 Å². The maximum Gasteiger partial charge on any atom is 0.452 e. The summed E-state index contributed by atoms with van der Waals surface area (Å²) in [6, 6.07) is 0. The molecule has 0 bridgehead atoms. The molecule has 0 fully saturated rings. The molecule has 0 aliphatic carbocycles. The molecule has 0 radical (unpaired) electrons. The van der Waals surface area contributed by atoms with Crippen molar-refractivity contribution in [2.75, 3.05) is 0 Å². The lowest BCUT2D eigenvalue weighted by molar-refractivity contribution is -0.0593. The Kier molecular flexibility index (Phi) is 2.83. The molecule has 0 unspecified atom stereocenters. The minimum Gasteiger partial charge on any atom is -0.240 e. The molecule has 0 aliphatic heterocycles. The number of nitrogens with zero attached hydrogens (tertiary/aromatic N) is 2. The van der Waals surface area contributed by atoms with Crippen molar-refractivity contribution in [3.8, 4) is 0 Å². The van der Waals surface area contributed by atoms with Gasteiger partial charge in [-0.25, -0.2) is 4.99 Å². The van der Waals surface area contributed by atoms with Gasteiger partial charge in [-0.05, 0) is 6.72 Å². The van der Waals surface area contributed by atoms with Gasteiger partial charge < -0.3 is 0 Å². The Morgan fingerprint density at radius 2 is 1.89 bits per heavy atom. The van der Waals surface area contributed by atoms with Crippen LogP contribution in [0, 0.1) is 0 Å². The van der Waals surface area contributed by atoms with Crippen LogP contribution in [0.15, 0.2) is 9.01 Å². The van der Waals surface area contributed by atoms with E-state index in [1.807, 2.05) is 0 Å². The van der Waals surface area contributed by atoms with E-state index in [2.05, 4.69) is 31.9 Å². The highest BCUT2D eigenvalue weighted by atomic mass is 79.9. The highest BCUT2D eigenvalue weighted by molar-refractivity contribution is 9.08. The average molecular weight is 203 g/mol. The van der Waals surface area contributed by atoms with Crippen LogP contribution in [-0.2, 0) is 0 Å². The number of aliphatic imine (C=N–C) groups is 1. The average Bonchev–Trinajstić information content (AvgIpc) is 1.65. The number of rotatable bonds is 0. The van der Waals surface area contributed by atoms with Gasteiger partial charge in [-0.1, -0.05) is 0 Å². The molecule has 0 amide bonds. The molecule has 0 saturated heterocycles. The Morgan fingerprint density at radius 1 is 1.44 bits per heavy atom. The maximum atomic E-state index is 11.4. The first kappa shape index (κ1) is 8.61. The van der Waals surface area contributed by atoms with Crippen molar-refractivity contribution in [3.05, 3.63) is 0 Å². The van der Waals surface area contributed by atoms with E-state index < -0.39 is 12.0 Å². The zero-order chi connectivity index (χ0) is 7.49. The smallest absolute Gasteiger partial charge is 0.240 e. The van der Waals surface area contributed by atoms with E-state index in [4.69, 9.17) is 0 Å². The van der Waals surface area contributed by atoms with Gasteiger partial charge in [0.15, 0.2) is 0 Å². The van der Waals surface area contributed by atoms with Gasteiger partial charge in [-0.15, -0.1) is 0 Å². The lowest BCUT2D eigenvalue weighted by atomic mass is 10.6. The van der Waals surface area contributed by atoms with Gasteiger partial charge >= 0.3 is 6.18 Å². The minimum atomic E-state index is -4.51.